The molecular weight excluding hydrogens is 686 g/mol. The number of hydrogen-bond acceptors (Lipinski definition) is 7. The van der Waals surface area contributed by atoms with Crippen molar-refractivity contribution in [2.45, 2.75) is 68.2 Å². The van der Waals surface area contributed by atoms with E-state index in [9.17, 15) is 4.79 Å². The second-order valence-corrected chi connectivity index (χ2v) is 12.5. The Morgan fingerprint density at radius 3 is 1.56 bits per heavy atom. The molecule has 0 N–H and O–H groups in total. The van der Waals surface area contributed by atoms with Gasteiger partial charge < -0.3 is 28.4 Å². The summed E-state index contributed by atoms with van der Waals surface area (Å²) in [6.45, 7) is 1.34. The normalized spacial score (nSPS) is 22.7. The highest BCUT2D eigenvalue weighted by Gasteiger charge is 2.71. The van der Waals surface area contributed by atoms with Gasteiger partial charge in [0.1, 0.15) is 24.4 Å². The summed E-state index contributed by atoms with van der Waals surface area (Å²) in [6, 6.07) is 37.3. The summed E-state index contributed by atoms with van der Waals surface area (Å²) in [4.78, 5) is 12.9. The second-order valence-electron chi connectivity index (χ2n) is 11.3. The minimum absolute atomic E-state index is 0.0492. The van der Waals surface area contributed by atoms with Gasteiger partial charge in [0, 0.05) is 0 Å². The summed E-state index contributed by atoms with van der Waals surface area (Å²) in [6.07, 6.45) is -4.83. The molecule has 254 valence electrons. The van der Waals surface area contributed by atoms with Crippen LogP contribution in [0.1, 0.15) is 29.2 Å². The molecule has 10 heteroatoms. The Kier molecular flexibility index (Phi) is 12.9. The third kappa shape index (κ3) is 8.93. The van der Waals surface area contributed by atoms with Crippen molar-refractivity contribution in [1.82, 2.24) is 0 Å². The largest absolute Gasteiger partial charge is 0.461 e. The predicted octanol–water partition coefficient (Wildman–Crippen LogP) is 7.65. The van der Waals surface area contributed by atoms with E-state index in [1.54, 1.807) is 0 Å². The lowest BCUT2D eigenvalue weighted by molar-refractivity contribution is -0.318. The molecule has 0 bridgehead atoms. The average Bonchev–Trinajstić information content (AvgIpc) is 3.11. The number of alkyl halides is 3. The molecule has 1 heterocycles. The van der Waals surface area contributed by atoms with Gasteiger partial charge in [0.05, 0.1) is 39.6 Å². The van der Waals surface area contributed by atoms with Crippen LogP contribution in [-0.4, -0.2) is 54.0 Å². The van der Waals surface area contributed by atoms with Gasteiger partial charge in [-0.1, -0.05) is 121 Å². The number of esters is 1. The van der Waals surface area contributed by atoms with E-state index in [0.717, 1.165) is 22.3 Å². The second kappa shape index (κ2) is 17.2. The van der Waals surface area contributed by atoms with Gasteiger partial charge in [-0.05, 0) is 45.1 Å². The van der Waals surface area contributed by atoms with Crippen LogP contribution in [0.5, 0.6) is 0 Å². The van der Waals surface area contributed by atoms with Crippen molar-refractivity contribution >= 4 is 21.9 Å². The molecule has 4 aromatic rings. The Bertz CT molecular complexity index is 1530. The standard InChI is InChI=1S/C38H39BrF2O7/c1-2-44-36(42)38(40,41)37(39)35(47-26-31-21-13-6-14-22-31)34(46-25-30-19-11-5-12-20-30)33(45-24-29-17-9-4-10-18-29)32(48-37)27-43-23-28-15-7-3-8-16-28/h3-22,32-35H,2,23-27H2,1H3/t32-,33+,34+,35-,37?/m1/s1. The number of halogens is 3. The molecular formula is C38H39BrF2O7. The molecule has 1 unspecified atom stereocenters. The fourth-order valence-electron chi connectivity index (χ4n) is 5.44. The van der Waals surface area contributed by atoms with Crippen molar-refractivity contribution in [2.75, 3.05) is 13.2 Å². The summed E-state index contributed by atoms with van der Waals surface area (Å²) in [5.74, 6) is -5.98. The van der Waals surface area contributed by atoms with Crippen molar-refractivity contribution < 1.29 is 42.0 Å². The van der Waals surface area contributed by atoms with Crippen LogP contribution in [-0.2, 0) is 59.6 Å². The molecule has 0 spiro atoms. The topological polar surface area (TPSA) is 72.5 Å². The minimum Gasteiger partial charge on any atom is -0.461 e. The monoisotopic (exact) mass is 724 g/mol. The first-order valence-corrected chi connectivity index (χ1v) is 16.6. The number of benzene rings is 4. The summed E-state index contributed by atoms with van der Waals surface area (Å²) >= 11 is 3.21. The van der Waals surface area contributed by atoms with Crippen LogP contribution >= 0.6 is 15.9 Å². The van der Waals surface area contributed by atoms with Crippen LogP contribution in [0.4, 0.5) is 8.78 Å². The van der Waals surface area contributed by atoms with Crippen LogP contribution in [0.3, 0.4) is 0 Å². The Hall–Kier alpha value is -3.51. The van der Waals surface area contributed by atoms with Gasteiger partial charge >= 0.3 is 11.9 Å². The van der Waals surface area contributed by atoms with Crippen LogP contribution in [0.25, 0.3) is 0 Å². The van der Waals surface area contributed by atoms with E-state index in [1.165, 1.54) is 6.92 Å². The number of carbonyl (C=O) groups is 1. The van der Waals surface area contributed by atoms with Gasteiger partial charge in [0.15, 0.2) is 0 Å². The van der Waals surface area contributed by atoms with Crippen molar-refractivity contribution in [1.29, 1.82) is 0 Å². The van der Waals surface area contributed by atoms with Gasteiger partial charge in [-0.3, -0.25) is 0 Å². The Balaban J connectivity index is 1.54. The van der Waals surface area contributed by atoms with E-state index in [2.05, 4.69) is 15.9 Å². The lowest BCUT2D eigenvalue weighted by Crippen LogP contribution is -2.71. The van der Waals surface area contributed by atoms with Crippen molar-refractivity contribution in [3.63, 3.8) is 0 Å². The molecule has 0 radical (unpaired) electrons. The fourth-order valence-corrected chi connectivity index (χ4v) is 6.23. The first-order valence-electron chi connectivity index (χ1n) is 15.8. The summed E-state index contributed by atoms with van der Waals surface area (Å²) in [5.41, 5.74) is 3.28. The van der Waals surface area contributed by atoms with Gasteiger partial charge in [-0.25, -0.2) is 4.79 Å². The summed E-state index contributed by atoms with van der Waals surface area (Å²) < 4.78 is 66.6. The zero-order chi connectivity index (χ0) is 33.8. The molecule has 0 aliphatic carbocycles. The Labute approximate surface area is 288 Å². The number of ether oxygens (including phenoxy) is 6. The highest BCUT2D eigenvalue weighted by molar-refractivity contribution is 9.10. The molecule has 48 heavy (non-hydrogen) atoms. The maximum absolute atomic E-state index is 16.5. The molecule has 1 aliphatic rings. The van der Waals surface area contributed by atoms with Crippen molar-refractivity contribution in [3.05, 3.63) is 144 Å². The third-order valence-corrected chi connectivity index (χ3v) is 9.01. The molecule has 0 aromatic heterocycles. The molecule has 0 saturated carbocycles. The Morgan fingerprint density at radius 2 is 1.10 bits per heavy atom. The van der Waals surface area contributed by atoms with Gasteiger partial charge in [-0.2, -0.15) is 8.78 Å². The van der Waals surface area contributed by atoms with E-state index >= 15 is 8.78 Å². The fraction of sp³-hybridized carbons (Fsp3) is 0.342. The quantitative estimate of drug-likeness (QED) is 0.0869. The average molecular weight is 726 g/mol. The number of carbonyl (C=O) groups excluding carboxylic acids is 1. The summed E-state index contributed by atoms with van der Waals surface area (Å²) in [7, 11) is 0. The maximum atomic E-state index is 16.5. The number of hydrogen-bond donors (Lipinski definition) is 0. The van der Waals surface area contributed by atoms with Gasteiger partial charge in [0.25, 0.3) is 0 Å². The SMILES string of the molecule is CCOC(=O)C(F)(F)C1(Br)O[C@H](COCc2ccccc2)[C@H](OCc2ccccc2)[C@H](OCc2ccccc2)[C@H]1OCc1ccccc1. The van der Waals surface area contributed by atoms with E-state index in [0.29, 0.717) is 0 Å². The zero-order valence-corrected chi connectivity index (χ0v) is 28.2. The van der Waals surface area contributed by atoms with Gasteiger partial charge in [-0.15, -0.1) is 0 Å². The third-order valence-electron chi connectivity index (χ3n) is 7.87. The first-order chi connectivity index (χ1) is 23.3. The molecule has 5 rings (SSSR count). The molecule has 5 atom stereocenters. The first kappa shape index (κ1) is 35.8. The van der Waals surface area contributed by atoms with E-state index in [4.69, 9.17) is 28.4 Å². The van der Waals surface area contributed by atoms with E-state index in [1.807, 2.05) is 121 Å². The molecule has 0 amide bonds. The molecule has 4 aromatic carbocycles. The smallest absolute Gasteiger partial charge is 0.383 e. The van der Waals surface area contributed by atoms with Crippen LogP contribution in [0.15, 0.2) is 121 Å². The van der Waals surface area contributed by atoms with Crippen LogP contribution < -0.4 is 0 Å². The lowest BCUT2D eigenvalue weighted by atomic mass is 9.90. The van der Waals surface area contributed by atoms with Crippen molar-refractivity contribution in [3.8, 4) is 0 Å². The zero-order valence-electron chi connectivity index (χ0n) is 26.6. The van der Waals surface area contributed by atoms with Gasteiger partial charge in [0.2, 0.25) is 4.51 Å². The molecule has 1 aliphatic heterocycles. The van der Waals surface area contributed by atoms with Crippen LogP contribution in [0.2, 0.25) is 0 Å². The van der Waals surface area contributed by atoms with Crippen molar-refractivity contribution in [2.24, 2.45) is 0 Å². The highest BCUT2D eigenvalue weighted by atomic mass is 79.9. The summed E-state index contributed by atoms with van der Waals surface area (Å²) in [5, 5.41) is 0. The minimum atomic E-state index is -4.22. The Morgan fingerprint density at radius 1 is 0.688 bits per heavy atom. The highest BCUT2D eigenvalue weighted by Crippen LogP contribution is 2.50. The molecule has 7 nitrogen and oxygen atoms in total. The van der Waals surface area contributed by atoms with Crippen LogP contribution in [0, 0.1) is 0 Å². The predicted molar refractivity (Wildman–Crippen MR) is 179 cm³/mol. The lowest BCUT2D eigenvalue weighted by Gasteiger charge is -2.51. The van der Waals surface area contributed by atoms with E-state index < -0.39 is 40.8 Å². The van der Waals surface area contributed by atoms with E-state index in [-0.39, 0.29) is 39.6 Å². The number of rotatable bonds is 16. The molecule has 1 fully saturated rings. The maximum Gasteiger partial charge on any atom is 0.383 e. The molecule has 1 saturated heterocycles.